The highest BCUT2D eigenvalue weighted by Gasteiger charge is 2.53. The van der Waals surface area contributed by atoms with Crippen LogP contribution in [-0.4, -0.2) is 44.6 Å². The van der Waals surface area contributed by atoms with Crippen LogP contribution in [-0.2, 0) is 26.8 Å². The van der Waals surface area contributed by atoms with Gasteiger partial charge in [0.15, 0.2) is 0 Å². The van der Waals surface area contributed by atoms with Gasteiger partial charge < -0.3 is 4.90 Å². The molecule has 2 saturated heterocycles. The molecule has 2 aromatic rings. The Kier molecular flexibility index (Phi) is 5.06. The molecule has 28 heavy (non-hydrogen) atoms. The molecular weight excluding hydrogens is 372 g/mol. The second-order valence-electron chi connectivity index (χ2n) is 7.55. The second kappa shape index (κ2) is 7.51. The third kappa shape index (κ3) is 3.37. The first-order valence-corrected chi connectivity index (χ1v) is 10.9. The maximum Gasteiger partial charge on any atom is 0.240 e. The average molecular weight is 397 g/mol. The number of benzene rings is 2. The summed E-state index contributed by atoms with van der Waals surface area (Å²) in [7, 11) is -1.26. The largest absolute Gasteiger partial charge is 0.342 e. The van der Waals surface area contributed by atoms with E-state index in [2.05, 4.69) is 0 Å². The zero-order valence-corrected chi connectivity index (χ0v) is 16.8. The van der Waals surface area contributed by atoms with Gasteiger partial charge in [-0.1, -0.05) is 48.0 Å². The molecule has 2 aliphatic heterocycles. The maximum atomic E-state index is 12.9. The van der Waals surface area contributed by atoms with Gasteiger partial charge in [-0.3, -0.25) is 18.7 Å². The van der Waals surface area contributed by atoms with Crippen molar-refractivity contribution in [1.29, 1.82) is 0 Å². The summed E-state index contributed by atoms with van der Waals surface area (Å²) in [5.41, 5.74) is 2.94. The Morgan fingerprint density at radius 2 is 1.79 bits per heavy atom. The number of rotatable bonds is 3. The lowest BCUT2D eigenvalue weighted by molar-refractivity contribution is -0.131. The van der Waals surface area contributed by atoms with E-state index >= 15 is 0 Å². The minimum Gasteiger partial charge on any atom is -0.342 e. The molecule has 2 amide bonds. The Morgan fingerprint density at radius 1 is 1.07 bits per heavy atom. The van der Waals surface area contributed by atoms with Gasteiger partial charge in [-0.2, -0.15) is 0 Å². The van der Waals surface area contributed by atoms with E-state index in [1.807, 2.05) is 66.4 Å². The molecule has 0 aromatic heterocycles. The number of nitrogens with zero attached hydrogens (tertiary/aromatic N) is 2. The van der Waals surface area contributed by atoms with E-state index in [9.17, 15) is 13.8 Å². The fraction of sp³-hybridized carbons (Fsp3) is 0.364. The number of aryl methyl sites for hydroxylation is 1. The molecule has 146 valence electrons. The third-order valence-corrected chi connectivity index (χ3v) is 7.63. The monoisotopic (exact) mass is 396 g/mol. The number of carbonyl (C=O) groups is 2. The topological polar surface area (TPSA) is 57.7 Å². The van der Waals surface area contributed by atoms with Crippen molar-refractivity contribution in [3.05, 3.63) is 65.7 Å². The number of anilines is 1. The molecule has 2 heterocycles. The van der Waals surface area contributed by atoms with Gasteiger partial charge in [0.2, 0.25) is 11.8 Å². The molecule has 2 aromatic carbocycles. The standard InChI is InChI=1S/C22H24N2O3S/c1-17-6-5-7-18(14-17)15-20(25)23-12-10-22(11-13-23)24(21(26)16-28(22)27)19-8-3-2-4-9-19/h2-9,14H,10-13,15-16H2,1H3. The van der Waals surface area contributed by atoms with Crippen LogP contribution in [0.3, 0.4) is 0 Å². The van der Waals surface area contributed by atoms with Crippen molar-refractivity contribution in [3.8, 4) is 0 Å². The van der Waals surface area contributed by atoms with Crippen molar-refractivity contribution >= 4 is 28.3 Å². The number of hydrogen-bond acceptors (Lipinski definition) is 3. The molecule has 0 radical (unpaired) electrons. The Bertz CT molecular complexity index is 920. The lowest BCUT2D eigenvalue weighted by Gasteiger charge is -2.43. The summed E-state index contributed by atoms with van der Waals surface area (Å²) in [4.78, 5) is 28.2. The SMILES string of the molecule is Cc1cccc(CC(=O)N2CCC3(CC2)N(c2ccccc2)C(=O)CS3=O)c1. The van der Waals surface area contributed by atoms with Gasteiger partial charge in [-0.05, 0) is 24.6 Å². The fourth-order valence-corrected chi connectivity index (χ4v) is 5.93. The summed E-state index contributed by atoms with van der Waals surface area (Å²) in [6, 6.07) is 17.4. The summed E-state index contributed by atoms with van der Waals surface area (Å²) >= 11 is 0. The van der Waals surface area contributed by atoms with Gasteiger partial charge in [0, 0.05) is 31.6 Å². The van der Waals surface area contributed by atoms with Crippen LogP contribution >= 0.6 is 0 Å². The Hall–Kier alpha value is -2.47. The summed E-state index contributed by atoms with van der Waals surface area (Å²) in [6.45, 7) is 3.06. The number of carbonyl (C=O) groups excluding carboxylic acids is 2. The van der Waals surface area contributed by atoms with E-state index in [-0.39, 0.29) is 17.6 Å². The first-order chi connectivity index (χ1) is 13.5. The van der Waals surface area contributed by atoms with Crippen molar-refractivity contribution in [1.82, 2.24) is 4.90 Å². The van der Waals surface area contributed by atoms with Gasteiger partial charge in [-0.15, -0.1) is 0 Å². The number of likely N-dealkylation sites (tertiary alicyclic amines) is 1. The van der Waals surface area contributed by atoms with Gasteiger partial charge >= 0.3 is 0 Å². The lowest BCUT2D eigenvalue weighted by Crippen LogP contribution is -2.56. The van der Waals surface area contributed by atoms with Crippen LogP contribution < -0.4 is 4.90 Å². The van der Waals surface area contributed by atoms with Crippen LogP contribution in [0.25, 0.3) is 0 Å². The van der Waals surface area contributed by atoms with Crippen LogP contribution in [0.4, 0.5) is 5.69 Å². The van der Waals surface area contributed by atoms with Crippen molar-refractivity contribution in [2.45, 2.75) is 31.1 Å². The molecule has 6 heteroatoms. The number of hydrogen-bond donors (Lipinski definition) is 0. The van der Waals surface area contributed by atoms with Crippen LogP contribution in [0.5, 0.6) is 0 Å². The Balaban J connectivity index is 1.49. The molecule has 2 fully saturated rings. The number of piperidine rings is 1. The number of amides is 2. The van der Waals surface area contributed by atoms with Gasteiger partial charge in [0.1, 0.15) is 10.6 Å². The summed E-state index contributed by atoms with van der Waals surface area (Å²) in [6.07, 6.45) is 1.46. The van der Waals surface area contributed by atoms with Crippen molar-refractivity contribution in [2.75, 3.05) is 23.7 Å². The highest BCUT2D eigenvalue weighted by atomic mass is 32.2. The summed E-state index contributed by atoms with van der Waals surface area (Å²) in [5, 5.41) is 0. The Labute approximate surface area is 167 Å². The van der Waals surface area contributed by atoms with Crippen LogP contribution in [0, 0.1) is 6.92 Å². The minimum atomic E-state index is -1.26. The zero-order chi connectivity index (χ0) is 19.7. The van der Waals surface area contributed by atoms with E-state index in [1.165, 1.54) is 0 Å². The molecule has 0 saturated carbocycles. The molecule has 1 atom stereocenters. The molecule has 0 aliphatic carbocycles. The first kappa shape index (κ1) is 18.9. The average Bonchev–Trinajstić information content (AvgIpc) is 2.92. The van der Waals surface area contributed by atoms with E-state index in [0.717, 1.165) is 16.8 Å². The quantitative estimate of drug-likeness (QED) is 0.801. The smallest absolute Gasteiger partial charge is 0.240 e. The third-order valence-electron chi connectivity index (χ3n) is 5.68. The van der Waals surface area contributed by atoms with E-state index in [1.54, 1.807) is 4.90 Å². The van der Waals surface area contributed by atoms with Crippen LogP contribution in [0.2, 0.25) is 0 Å². The van der Waals surface area contributed by atoms with Crippen LogP contribution in [0.1, 0.15) is 24.0 Å². The normalized spacial score (nSPS) is 21.3. The number of para-hydroxylation sites is 1. The second-order valence-corrected chi connectivity index (χ2v) is 9.29. The molecule has 4 rings (SSSR count). The van der Waals surface area contributed by atoms with Crippen molar-refractivity contribution in [2.24, 2.45) is 0 Å². The van der Waals surface area contributed by atoms with Gasteiger partial charge in [-0.25, -0.2) is 0 Å². The lowest BCUT2D eigenvalue weighted by atomic mass is 10.00. The van der Waals surface area contributed by atoms with E-state index in [0.29, 0.717) is 32.4 Å². The van der Waals surface area contributed by atoms with E-state index in [4.69, 9.17) is 0 Å². The molecular formula is C22H24N2O3S. The zero-order valence-electron chi connectivity index (χ0n) is 16.0. The van der Waals surface area contributed by atoms with Gasteiger partial charge in [0.25, 0.3) is 0 Å². The minimum absolute atomic E-state index is 0.0616. The predicted octanol–water partition coefficient (Wildman–Crippen LogP) is 2.65. The molecule has 1 unspecified atom stereocenters. The molecule has 0 bridgehead atoms. The highest BCUT2D eigenvalue weighted by molar-refractivity contribution is 7.88. The first-order valence-electron chi connectivity index (χ1n) is 9.59. The van der Waals surface area contributed by atoms with Crippen molar-refractivity contribution in [3.63, 3.8) is 0 Å². The van der Waals surface area contributed by atoms with E-state index < -0.39 is 15.7 Å². The molecule has 2 aliphatic rings. The maximum absolute atomic E-state index is 12.9. The predicted molar refractivity (Wildman–Crippen MR) is 110 cm³/mol. The van der Waals surface area contributed by atoms with Gasteiger partial charge in [0.05, 0.1) is 17.2 Å². The molecule has 5 nitrogen and oxygen atoms in total. The Morgan fingerprint density at radius 3 is 2.46 bits per heavy atom. The highest BCUT2D eigenvalue weighted by Crippen LogP contribution is 2.40. The van der Waals surface area contributed by atoms with Crippen molar-refractivity contribution < 1.29 is 13.8 Å². The summed E-state index contributed by atoms with van der Waals surface area (Å²) in [5.74, 6) is 0.0532. The van der Waals surface area contributed by atoms with Crippen LogP contribution in [0.15, 0.2) is 54.6 Å². The summed E-state index contributed by atoms with van der Waals surface area (Å²) < 4.78 is 12.9. The molecule has 0 N–H and O–H groups in total. The molecule has 1 spiro atoms. The fourth-order valence-electron chi connectivity index (χ4n) is 4.26.